The minimum atomic E-state index is -0.823. The smallest absolute Gasteiger partial charge is 0.249 e. The van der Waals surface area contributed by atoms with Gasteiger partial charge in [-0.25, -0.2) is 0 Å². The van der Waals surface area contributed by atoms with Crippen molar-refractivity contribution in [2.24, 2.45) is 11.5 Å². The molecule has 0 atom stereocenters. The second-order valence-corrected chi connectivity index (χ2v) is 5.52. The molecular weight excluding hydrogens is 254 g/mol. The van der Waals surface area contributed by atoms with Crippen LogP contribution in [0.4, 0.5) is 0 Å². The quantitative estimate of drug-likeness (QED) is 0.566. The van der Waals surface area contributed by atoms with Crippen LogP contribution in [0.15, 0.2) is 11.4 Å². The first-order valence-electron chi connectivity index (χ1n) is 5.53. The van der Waals surface area contributed by atoms with Crippen molar-refractivity contribution in [1.29, 1.82) is 0 Å². The van der Waals surface area contributed by atoms with Crippen LogP contribution in [-0.2, 0) is 11.3 Å². The highest BCUT2D eigenvalue weighted by molar-refractivity contribution is 7.10. The Hall–Kier alpha value is -1.44. The van der Waals surface area contributed by atoms with Gasteiger partial charge in [0.25, 0.3) is 0 Å². The van der Waals surface area contributed by atoms with Gasteiger partial charge in [0, 0.05) is 29.6 Å². The second-order valence-electron chi connectivity index (χ2n) is 4.53. The monoisotopic (exact) mass is 269 g/mol. The first kappa shape index (κ1) is 13.0. The molecule has 0 aromatic carbocycles. The SMILES string of the molecule is NC(=O)c1csc(CNC2(C(N)=O)CC(O)C2)c1. The van der Waals surface area contributed by atoms with E-state index in [-0.39, 0.29) is 0 Å². The molecule has 0 aliphatic heterocycles. The normalized spacial score (nSPS) is 26.6. The Morgan fingerprint density at radius 3 is 2.61 bits per heavy atom. The molecule has 0 radical (unpaired) electrons. The zero-order chi connectivity index (χ0) is 13.3. The molecule has 0 saturated heterocycles. The highest BCUT2D eigenvalue weighted by atomic mass is 32.1. The number of primary amides is 2. The third kappa shape index (κ3) is 2.38. The highest BCUT2D eigenvalue weighted by Crippen LogP contribution is 2.32. The van der Waals surface area contributed by atoms with Crippen molar-refractivity contribution in [3.63, 3.8) is 0 Å². The summed E-state index contributed by atoms with van der Waals surface area (Å²) in [4.78, 5) is 23.2. The number of carbonyl (C=O) groups excluding carboxylic acids is 2. The number of nitrogens with one attached hydrogen (secondary N) is 1. The summed E-state index contributed by atoms with van der Waals surface area (Å²) in [6.07, 6.45) is 0.182. The summed E-state index contributed by atoms with van der Waals surface area (Å²) in [7, 11) is 0. The zero-order valence-corrected chi connectivity index (χ0v) is 10.5. The van der Waals surface area contributed by atoms with Gasteiger partial charge in [-0.15, -0.1) is 11.3 Å². The van der Waals surface area contributed by atoms with E-state index in [9.17, 15) is 14.7 Å². The largest absolute Gasteiger partial charge is 0.393 e. The Labute approximate surface area is 108 Å². The summed E-state index contributed by atoms with van der Waals surface area (Å²) in [5.41, 5.74) is 10.1. The van der Waals surface area contributed by atoms with Gasteiger partial charge in [-0.1, -0.05) is 0 Å². The Balaban J connectivity index is 1.98. The Morgan fingerprint density at radius 2 is 2.17 bits per heavy atom. The first-order valence-corrected chi connectivity index (χ1v) is 6.41. The maximum Gasteiger partial charge on any atom is 0.249 e. The van der Waals surface area contributed by atoms with Crippen LogP contribution < -0.4 is 16.8 Å². The highest BCUT2D eigenvalue weighted by Gasteiger charge is 2.48. The van der Waals surface area contributed by atoms with Crippen LogP contribution in [-0.4, -0.2) is 28.6 Å². The lowest BCUT2D eigenvalue weighted by Gasteiger charge is -2.43. The van der Waals surface area contributed by atoms with E-state index < -0.39 is 23.5 Å². The topological polar surface area (TPSA) is 118 Å². The van der Waals surface area contributed by atoms with Gasteiger partial charge in [0.1, 0.15) is 5.54 Å². The minimum Gasteiger partial charge on any atom is -0.393 e. The summed E-state index contributed by atoms with van der Waals surface area (Å²) in [5.74, 6) is -0.930. The van der Waals surface area contributed by atoms with Gasteiger partial charge in [0.2, 0.25) is 11.8 Å². The van der Waals surface area contributed by atoms with E-state index >= 15 is 0 Å². The van der Waals surface area contributed by atoms with Crippen molar-refractivity contribution in [3.8, 4) is 0 Å². The van der Waals surface area contributed by atoms with Crippen LogP contribution >= 0.6 is 11.3 Å². The molecule has 1 heterocycles. The van der Waals surface area contributed by atoms with E-state index in [0.29, 0.717) is 24.9 Å². The number of carbonyl (C=O) groups is 2. The van der Waals surface area contributed by atoms with Gasteiger partial charge in [-0.05, 0) is 6.07 Å². The fraction of sp³-hybridized carbons (Fsp3) is 0.455. The molecule has 1 aromatic rings. The molecule has 6 nitrogen and oxygen atoms in total. The number of amides is 2. The molecular formula is C11H15N3O3S. The molecule has 2 amide bonds. The maximum atomic E-state index is 11.4. The number of hydrogen-bond acceptors (Lipinski definition) is 5. The van der Waals surface area contributed by atoms with Crippen LogP contribution in [0.2, 0.25) is 0 Å². The molecule has 18 heavy (non-hydrogen) atoms. The molecule has 6 N–H and O–H groups in total. The van der Waals surface area contributed by atoms with E-state index in [1.54, 1.807) is 11.4 Å². The second kappa shape index (κ2) is 4.68. The number of aliphatic hydroxyl groups excluding tert-OH is 1. The molecule has 0 spiro atoms. The van der Waals surface area contributed by atoms with Gasteiger partial charge in [0.05, 0.1) is 11.7 Å². The van der Waals surface area contributed by atoms with Gasteiger partial charge >= 0.3 is 0 Å². The molecule has 1 aromatic heterocycles. The number of aliphatic hydroxyl groups is 1. The van der Waals surface area contributed by atoms with Crippen molar-refractivity contribution in [3.05, 3.63) is 21.9 Å². The average Bonchev–Trinajstić information content (AvgIpc) is 2.70. The van der Waals surface area contributed by atoms with Crippen LogP contribution in [0.3, 0.4) is 0 Å². The number of rotatable bonds is 5. The fourth-order valence-corrected chi connectivity index (χ4v) is 2.85. The van der Waals surface area contributed by atoms with Crippen molar-refractivity contribution in [1.82, 2.24) is 5.32 Å². The third-order valence-electron chi connectivity index (χ3n) is 3.18. The standard InChI is InChI=1S/C11H15N3O3S/c12-9(16)6-1-8(18-5-6)4-14-11(10(13)17)2-7(15)3-11/h1,5,7,14-15H,2-4H2,(H2,12,16)(H2,13,17). The van der Waals surface area contributed by atoms with Crippen molar-refractivity contribution in [2.45, 2.75) is 31.0 Å². The Morgan fingerprint density at radius 1 is 1.50 bits per heavy atom. The summed E-state index contributed by atoms with van der Waals surface area (Å²) in [5, 5.41) is 14.0. The molecule has 1 saturated carbocycles. The van der Waals surface area contributed by atoms with E-state index in [4.69, 9.17) is 11.5 Å². The summed E-state index contributed by atoms with van der Waals surface area (Å²) < 4.78 is 0. The van der Waals surface area contributed by atoms with Gasteiger partial charge < -0.3 is 16.6 Å². The Kier molecular flexibility index (Phi) is 3.38. The van der Waals surface area contributed by atoms with E-state index in [1.165, 1.54) is 11.3 Å². The molecule has 7 heteroatoms. The lowest BCUT2D eigenvalue weighted by molar-refractivity contribution is -0.133. The molecule has 1 fully saturated rings. The van der Waals surface area contributed by atoms with E-state index in [0.717, 1.165) is 4.88 Å². The minimum absolute atomic E-state index is 0.330. The third-order valence-corrected chi connectivity index (χ3v) is 4.12. The maximum absolute atomic E-state index is 11.4. The zero-order valence-electron chi connectivity index (χ0n) is 9.68. The van der Waals surface area contributed by atoms with E-state index in [1.807, 2.05) is 0 Å². The van der Waals surface area contributed by atoms with Crippen LogP contribution in [0.5, 0.6) is 0 Å². The number of thiophene rings is 1. The van der Waals surface area contributed by atoms with Gasteiger partial charge in [0.15, 0.2) is 0 Å². The molecule has 1 aliphatic rings. The molecule has 0 unspecified atom stereocenters. The predicted octanol–water partition coefficient (Wildman–Crippen LogP) is -0.685. The van der Waals surface area contributed by atoms with Gasteiger partial charge in [-0.2, -0.15) is 0 Å². The van der Waals surface area contributed by atoms with Crippen LogP contribution in [0.1, 0.15) is 28.1 Å². The lowest BCUT2D eigenvalue weighted by atomic mass is 9.73. The van der Waals surface area contributed by atoms with Crippen molar-refractivity contribution in [2.75, 3.05) is 0 Å². The summed E-state index contributed by atoms with van der Waals surface area (Å²) in [6.45, 7) is 0.424. The van der Waals surface area contributed by atoms with Crippen LogP contribution in [0.25, 0.3) is 0 Å². The van der Waals surface area contributed by atoms with Gasteiger partial charge in [-0.3, -0.25) is 14.9 Å². The lowest BCUT2D eigenvalue weighted by Crippen LogP contribution is -2.64. The number of nitrogens with two attached hydrogens (primary N) is 2. The van der Waals surface area contributed by atoms with Crippen molar-refractivity contribution >= 4 is 23.2 Å². The first-order chi connectivity index (χ1) is 8.43. The summed E-state index contributed by atoms with van der Waals surface area (Å²) >= 11 is 1.39. The van der Waals surface area contributed by atoms with Crippen molar-refractivity contribution < 1.29 is 14.7 Å². The fourth-order valence-electron chi connectivity index (χ4n) is 2.04. The predicted molar refractivity (Wildman–Crippen MR) is 66.8 cm³/mol. The molecule has 1 aliphatic carbocycles. The van der Waals surface area contributed by atoms with E-state index in [2.05, 4.69) is 5.32 Å². The van der Waals surface area contributed by atoms with Crippen LogP contribution in [0, 0.1) is 0 Å². The molecule has 98 valence electrons. The molecule has 2 rings (SSSR count). The summed E-state index contributed by atoms with van der Waals surface area (Å²) in [6, 6.07) is 1.68. The Bertz CT molecular complexity index is 480. The number of hydrogen-bond donors (Lipinski definition) is 4. The molecule has 0 bridgehead atoms. The average molecular weight is 269 g/mol.